The van der Waals surface area contributed by atoms with Crippen molar-refractivity contribution >= 4 is 10.8 Å². The molecule has 112 valence electrons. The van der Waals surface area contributed by atoms with Gasteiger partial charge >= 0.3 is 0 Å². The Labute approximate surface area is 126 Å². The third-order valence-corrected chi connectivity index (χ3v) is 5.74. The summed E-state index contributed by atoms with van der Waals surface area (Å²) < 4.78 is 0. The van der Waals surface area contributed by atoms with Crippen LogP contribution in [0.5, 0.6) is 5.75 Å². The highest BCUT2D eigenvalue weighted by Gasteiger charge is 2.45. The number of benzene rings is 2. The Balaban J connectivity index is 2.13. The van der Waals surface area contributed by atoms with Crippen LogP contribution < -0.4 is 0 Å². The maximum Gasteiger partial charge on any atom is 0.116 e. The number of aromatic hydroxyl groups is 1. The van der Waals surface area contributed by atoms with E-state index in [1.807, 2.05) is 12.1 Å². The molecule has 3 rings (SSSR count). The molecule has 21 heavy (non-hydrogen) atoms. The quantitative estimate of drug-likeness (QED) is 0.852. The molecule has 2 aromatic rings. The van der Waals surface area contributed by atoms with E-state index in [1.54, 1.807) is 6.07 Å². The van der Waals surface area contributed by atoms with Crippen molar-refractivity contribution in [3.05, 3.63) is 41.5 Å². The largest absolute Gasteiger partial charge is 0.508 e. The zero-order chi connectivity index (χ0) is 15.2. The van der Waals surface area contributed by atoms with Gasteiger partial charge in [-0.15, -0.1) is 0 Å². The molecule has 2 nitrogen and oxygen atoms in total. The van der Waals surface area contributed by atoms with Crippen LogP contribution in [0, 0.1) is 12.3 Å². The van der Waals surface area contributed by atoms with Crippen molar-refractivity contribution in [2.75, 3.05) is 0 Å². The molecule has 1 aliphatic carbocycles. The number of phenolic OH excluding ortho intramolecular Hbond substituents is 1. The van der Waals surface area contributed by atoms with Gasteiger partial charge in [-0.3, -0.25) is 0 Å². The minimum atomic E-state index is -0.206. The topological polar surface area (TPSA) is 40.5 Å². The summed E-state index contributed by atoms with van der Waals surface area (Å²) >= 11 is 0. The lowest BCUT2D eigenvalue weighted by atomic mass is 9.71. The second kappa shape index (κ2) is 5.03. The molecule has 0 spiro atoms. The van der Waals surface area contributed by atoms with Crippen molar-refractivity contribution in [2.45, 2.75) is 52.1 Å². The van der Waals surface area contributed by atoms with Crippen LogP contribution in [0.4, 0.5) is 0 Å². The van der Waals surface area contributed by atoms with Gasteiger partial charge in [0.15, 0.2) is 0 Å². The maximum atomic E-state index is 10.4. The molecule has 2 aromatic carbocycles. The van der Waals surface area contributed by atoms with Gasteiger partial charge in [0, 0.05) is 5.41 Å². The van der Waals surface area contributed by atoms with Crippen molar-refractivity contribution in [1.29, 1.82) is 0 Å². The molecule has 2 N–H and O–H groups in total. The van der Waals surface area contributed by atoms with E-state index in [4.69, 9.17) is 0 Å². The average Bonchev–Trinajstić information content (AvgIpc) is 2.76. The maximum absolute atomic E-state index is 10.4. The van der Waals surface area contributed by atoms with E-state index in [1.165, 1.54) is 16.5 Å². The van der Waals surface area contributed by atoms with Gasteiger partial charge in [0.05, 0.1) is 6.10 Å². The van der Waals surface area contributed by atoms with Crippen LogP contribution in [-0.4, -0.2) is 16.3 Å². The predicted molar refractivity (Wildman–Crippen MR) is 86.7 cm³/mol. The standard InChI is InChI=1S/C19H24O2/c1-4-19(3)17(9-10-18(19)21)16-7-5-13-11-14(20)6-8-15(13)12(16)2/h5-8,11,17-18,20-21H,4,9-10H2,1-3H3/t17?,18-,19-/m0/s1. The molecule has 1 saturated carbocycles. The number of rotatable bonds is 2. The fourth-order valence-electron chi connectivity index (χ4n) is 4.08. The number of hydrogen-bond donors (Lipinski definition) is 2. The van der Waals surface area contributed by atoms with E-state index in [-0.39, 0.29) is 11.5 Å². The SMILES string of the molecule is CC[C@@]1(C)C(c2ccc3cc(O)ccc3c2C)CC[C@@H]1O. The van der Waals surface area contributed by atoms with E-state index >= 15 is 0 Å². The molecule has 0 saturated heterocycles. The molecule has 0 aromatic heterocycles. The molecule has 0 radical (unpaired) electrons. The Bertz CT molecular complexity index is 677. The zero-order valence-corrected chi connectivity index (χ0v) is 13.1. The van der Waals surface area contributed by atoms with Gasteiger partial charge in [-0.1, -0.05) is 32.0 Å². The van der Waals surface area contributed by atoms with Gasteiger partial charge in [0.25, 0.3) is 0 Å². The van der Waals surface area contributed by atoms with E-state index < -0.39 is 0 Å². The highest BCUT2D eigenvalue weighted by Crippen LogP contribution is 2.52. The van der Waals surface area contributed by atoms with Gasteiger partial charge < -0.3 is 10.2 Å². The molecule has 0 heterocycles. The van der Waals surface area contributed by atoms with Crippen molar-refractivity contribution in [3.63, 3.8) is 0 Å². The number of aryl methyl sites for hydroxylation is 1. The Kier molecular flexibility index (Phi) is 3.45. The summed E-state index contributed by atoms with van der Waals surface area (Å²) in [5, 5.41) is 22.3. The lowest BCUT2D eigenvalue weighted by Crippen LogP contribution is -2.30. The first kappa shape index (κ1) is 14.4. The van der Waals surface area contributed by atoms with Gasteiger partial charge in [-0.05, 0) is 66.1 Å². The predicted octanol–water partition coefficient (Wildman–Crippen LogP) is 4.51. The van der Waals surface area contributed by atoms with Crippen molar-refractivity contribution in [3.8, 4) is 5.75 Å². The van der Waals surface area contributed by atoms with E-state index in [0.29, 0.717) is 11.7 Å². The van der Waals surface area contributed by atoms with Crippen LogP contribution in [0.3, 0.4) is 0 Å². The molecule has 1 unspecified atom stereocenters. The van der Waals surface area contributed by atoms with Crippen molar-refractivity contribution in [2.24, 2.45) is 5.41 Å². The van der Waals surface area contributed by atoms with Gasteiger partial charge in [0.2, 0.25) is 0 Å². The first-order valence-corrected chi connectivity index (χ1v) is 7.87. The van der Waals surface area contributed by atoms with Crippen LogP contribution in [0.15, 0.2) is 30.3 Å². The molecule has 0 aliphatic heterocycles. The van der Waals surface area contributed by atoms with Crippen LogP contribution in [-0.2, 0) is 0 Å². The Morgan fingerprint density at radius 2 is 1.95 bits per heavy atom. The number of hydrogen-bond acceptors (Lipinski definition) is 2. The highest BCUT2D eigenvalue weighted by atomic mass is 16.3. The van der Waals surface area contributed by atoms with Crippen LogP contribution in [0.1, 0.15) is 50.2 Å². The normalized spacial score (nSPS) is 29.1. The Morgan fingerprint density at radius 1 is 1.19 bits per heavy atom. The zero-order valence-electron chi connectivity index (χ0n) is 13.1. The van der Waals surface area contributed by atoms with E-state index in [9.17, 15) is 10.2 Å². The smallest absolute Gasteiger partial charge is 0.116 e. The van der Waals surface area contributed by atoms with E-state index in [0.717, 1.165) is 24.6 Å². The number of fused-ring (bicyclic) bond motifs is 1. The Morgan fingerprint density at radius 3 is 2.67 bits per heavy atom. The molecule has 3 atom stereocenters. The number of phenols is 1. The number of aliphatic hydroxyl groups excluding tert-OH is 1. The lowest BCUT2D eigenvalue weighted by molar-refractivity contribution is 0.0534. The second-order valence-corrected chi connectivity index (χ2v) is 6.69. The lowest BCUT2D eigenvalue weighted by Gasteiger charge is -2.34. The highest BCUT2D eigenvalue weighted by molar-refractivity contribution is 5.88. The molecular weight excluding hydrogens is 260 g/mol. The van der Waals surface area contributed by atoms with Crippen LogP contribution >= 0.6 is 0 Å². The molecule has 0 amide bonds. The average molecular weight is 284 g/mol. The molecule has 1 fully saturated rings. The molecule has 2 heteroatoms. The number of aliphatic hydroxyl groups is 1. The van der Waals surface area contributed by atoms with Gasteiger partial charge in [-0.25, -0.2) is 0 Å². The van der Waals surface area contributed by atoms with Crippen molar-refractivity contribution in [1.82, 2.24) is 0 Å². The first-order valence-electron chi connectivity index (χ1n) is 7.87. The monoisotopic (exact) mass is 284 g/mol. The summed E-state index contributed by atoms with van der Waals surface area (Å²) in [5.41, 5.74) is 2.61. The second-order valence-electron chi connectivity index (χ2n) is 6.69. The summed E-state index contributed by atoms with van der Waals surface area (Å²) in [7, 11) is 0. The summed E-state index contributed by atoms with van der Waals surface area (Å²) in [6.45, 7) is 6.56. The summed E-state index contributed by atoms with van der Waals surface area (Å²) in [6, 6.07) is 9.85. The molecular formula is C19H24O2. The molecule has 1 aliphatic rings. The summed E-state index contributed by atoms with van der Waals surface area (Å²) in [5.74, 6) is 0.722. The minimum absolute atomic E-state index is 0.0324. The third kappa shape index (κ3) is 2.13. The van der Waals surface area contributed by atoms with Crippen molar-refractivity contribution < 1.29 is 10.2 Å². The summed E-state index contributed by atoms with van der Waals surface area (Å²) in [6.07, 6.45) is 2.73. The van der Waals surface area contributed by atoms with Gasteiger partial charge in [-0.2, -0.15) is 0 Å². The third-order valence-electron chi connectivity index (χ3n) is 5.74. The van der Waals surface area contributed by atoms with E-state index in [2.05, 4.69) is 32.9 Å². The summed E-state index contributed by atoms with van der Waals surface area (Å²) in [4.78, 5) is 0. The first-order chi connectivity index (χ1) is 9.97. The van der Waals surface area contributed by atoms with Crippen LogP contribution in [0.2, 0.25) is 0 Å². The fraction of sp³-hybridized carbons (Fsp3) is 0.474. The fourth-order valence-corrected chi connectivity index (χ4v) is 4.08. The minimum Gasteiger partial charge on any atom is -0.508 e. The Hall–Kier alpha value is -1.54. The van der Waals surface area contributed by atoms with Crippen LogP contribution in [0.25, 0.3) is 10.8 Å². The van der Waals surface area contributed by atoms with Gasteiger partial charge in [0.1, 0.15) is 5.75 Å². The molecule has 0 bridgehead atoms.